The molecule has 0 bridgehead atoms. The molecule has 1 rings (SSSR count). The van der Waals surface area contributed by atoms with Gasteiger partial charge in [-0.2, -0.15) is 0 Å². The summed E-state index contributed by atoms with van der Waals surface area (Å²) in [5.74, 6) is 0.271. The first kappa shape index (κ1) is 4.24. The van der Waals surface area contributed by atoms with Crippen LogP contribution in [-0.4, -0.2) is 6.23 Å². The van der Waals surface area contributed by atoms with Crippen molar-refractivity contribution in [2.45, 2.75) is 6.23 Å². The minimum Gasteiger partial charge on any atom is -0.450 e. The number of rotatable bonds is 0. The van der Waals surface area contributed by atoms with Crippen LogP contribution in [0.15, 0.2) is 17.7 Å². The zero-order valence-electron chi connectivity index (χ0n) is 3.72. The zero-order valence-corrected chi connectivity index (χ0v) is 3.72. The SMILES string of the molecule is NC1=C=CC(N)O1. The molecule has 7 heavy (non-hydrogen) atoms. The second-order valence-electron chi connectivity index (χ2n) is 1.26. The molecule has 0 saturated heterocycles. The maximum Gasteiger partial charge on any atom is 0.232 e. The summed E-state index contributed by atoms with van der Waals surface area (Å²) in [5.41, 5.74) is 12.9. The molecule has 0 aromatic carbocycles. The van der Waals surface area contributed by atoms with Crippen LogP contribution in [0, 0.1) is 0 Å². The van der Waals surface area contributed by atoms with Gasteiger partial charge >= 0.3 is 0 Å². The second-order valence-corrected chi connectivity index (χ2v) is 1.26. The van der Waals surface area contributed by atoms with Crippen LogP contribution >= 0.6 is 0 Å². The summed E-state index contributed by atoms with van der Waals surface area (Å²) >= 11 is 0. The Morgan fingerprint density at radius 2 is 2.57 bits per heavy atom. The van der Waals surface area contributed by atoms with Gasteiger partial charge in [0.1, 0.15) is 0 Å². The molecule has 1 aliphatic rings. The van der Waals surface area contributed by atoms with Gasteiger partial charge in [0.05, 0.1) is 0 Å². The third-order valence-corrected chi connectivity index (χ3v) is 0.653. The van der Waals surface area contributed by atoms with E-state index >= 15 is 0 Å². The summed E-state index contributed by atoms with van der Waals surface area (Å²) in [6, 6.07) is 0. The molecule has 1 heterocycles. The predicted octanol–water partition coefficient (Wildman–Crippen LogP) is -0.743. The van der Waals surface area contributed by atoms with Gasteiger partial charge in [0.25, 0.3) is 0 Å². The van der Waals surface area contributed by atoms with E-state index in [0.29, 0.717) is 0 Å². The van der Waals surface area contributed by atoms with Crippen LogP contribution in [0.3, 0.4) is 0 Å². The van der Waals surface area contributed by atoms with Crippen molar-refractivity contribution >= 4 is 0 Å². The van der Waals surface area contributed by atoms with E-state index in [-0.39, 0.29) is 12.1 Å². The Balaban J connectivity index is 2.62. The molecule has 0 radical (unpaired) electrons. The molecule has 1 atom stereocenters. The molecular weight excluding hydrogens is 92.1 g/mol. The molecule has 38 valence electrons. The first-order valence-corrected chi connectivity index (χ1v) is 1.93. The lowest BCUT2D eigenvalue weighted by Crippen LogP contribution is -2.18. The normalized spacial score (nSPS) is 27.0. The van der Waals surface area contributed by atoms with Crippen molar-refractivity contribution in [1.29, 1.82) is 0 Å². The standard InChI is InChI=1S/C4H6N2O/c5-3-1-2-4(6)7-3/h1,3H,5-6H2. The van der Waals surface area contributed by atoms with Crippen LogP contribution in [0.5, 0.6) is 0 Å². The number of hydrogen-bond donors (Lipinski definition) is 2. The molecule has 0 aromatic rings. The van der Waals surface area contributed by atoms with E-state index in [9.17, 15) is 0 Å². The lowest BCUT2D eigenvalue weighted by atomic mass is 10.6. The van der Waals surface area contributed by atoms with Gasteiger partial charge in [0.15, 0.2) is 6.23 Å². The van der Waals surface area contributed by atoms with Gasteiger partial charge in [-0.05, 0) is 0 Å². The van der Waals surface area contributed by atoms with Gasteiger partial charge in [0, 0.05) is 6.08 Å². The predicted molar refractivity (Wildman–Crippen MR) is 24.8 cm³/mol. The Kier molecular flexibility index (Phi) is 0.785. The van der Waals surface area contributed by atoms with Crippen LogP contribution in [-0.2, 0) is 4.74 Å². The summed E-state index contributed by atoms with van der Waals surface area (Å²) in [5, 5.41) is 0. The monoisotopic (exact) mass is 98.0 g/mol. The third kappa shape index (κ3) is 0.738. The molecule has 0 spiro atoms. The highest BCUT2D eigenvalue weighted by atomic mass is 16.5. The maximum absolute atomic E-state index is 5.18. The van der Waals surface area contributed by atoms with Gasteiger partial charge in [-0.1, -0.05) is 5.73 Å². The summed E-state index contributed by atoms with van der Waals surface area (Å²) in [6.45, 7) is 0. The van der Waals surface area contributed by atoms with E-state index in [4.69, 9.17) is 11.5 Å². The summed E-state index contributed by atoms with van der Waals surface area (Å²) in [4.78, 5) is 0. The molecule has 0 amide bonds. The van der Waals surface area contributed by atoms with Gasteiger partial charge in [-0.25, -0.2) is 0 Å². The Morgan fingerprint density at radius 1 is 1.86 bits per heavy atom. The van der Waals surface area contributed by atoms with E-state index in [1.54, 1.807) is 6.08 Å². The van der Waals surface area contributed by atoms with Gasteiger partial charge in [-0.3, -0.25) is 5.73 Å². The van der Waals surface area contributed by atoms with Crippen LogP contribution in [0.2, 0.25) is 0 Å². The fraction of sp³-hybridized carbons (Fsp3) is 0.250. The highest BCUT2D eigenvalue weighted by molar-refractivity contribution is 4.99. The maximum atomic E-state index is 5.18. The molecule has 0 aliphatic carbocycles. The van der Waals surface area contributed by atoms with Crippen molar-refractivity contribution in [3.05, 3.63) is 17.7 Å². The van der Waals surface area contributed by atoms with Crippen LogP contribution in [0.4, 0.5) is 0 Å². The lowest BCUT2D eigenvalue weighted by Gasteiger charge is -2.00. The minimum atomic E-state index is -0.375. The summed E-state index contributed by atoms with van der Waals surface area (Å²) in [7, 11) is 0. The Morgan fingerprint density at radius 3 is 2.71 bits per heavy atom. The highest BCUT2D eigenvalue weighted by Gasteiger charge is 2.02. The van der Waals surface area contributed by atoms with Crippen LogP contribution in [0.1, 0.15) is 0 Å². The molecule has 0 saturated carbocycles. The average Bonchev–Trinajstić information content (AvgIpc) is 1.87. The molecule has 0 aromatic heterocycles. The van der Waals surface area contributed by atoms with Crippen molar-refractivity contribution in [3.8, 4) is 0 Å². The average molecular weight is 98.1 g/mol. The zero-order chi connectivity index (χ0) is 5.28. The Bertz CT molecular complexity index is 135. The summed E-state index contributed by atoms with van der Waals surface area (Å²) in [6.07, 6.45) is 1.19. The second kappa shape index (κ2) is 1.30. The lowest BCUT2D eigenvalue weighted by molar-refractivity contribution is 0.171. The van der Waals surface area contributed by atoms with Crippen molar-refractivity contribution in [2.75, 3.05) is 0 Å². The first-order valence-electron chi connectivity index (χ1n) is 1.93. The van der Waals surface area contributed by atoms with E-state index in [1.807, 2.05) is 0 Å². The topological polar surface area (TPSA) is 61.3 Å². The fourth-order valence-electron chi connectivity index (χ4n) is 0.379. The van der Waals surface area contributed by atoms with E-state index in [2.05, 4.69) is 10.5 Å². The first-order chi connectivity index (χ1) is 3.29. The Labute approximate surface area is 41.2 Å². The van der Waals surface area contributed by atoms with E-state index in [0.717, 1.165) is 0 Å². The molecule has 0 fully saturated rings. The number of hydrogen-bond acceptors (Lipinski definition) is 3. The summed E-state index contributed by atoms with van der Waals surface area (Å²) < 4.78 is 4.67. The molecule has 1 unspecified atom stereocenters. The molecular formula is C4H6N2O. The fourth-order valence-corrected chi connectivity index (χ4v) is 0.379. The van der Waals surface area contributed by atoms with Gasteiger partial charge in [0.2, 0.25) is 5.88 Å². The number of nitrogens with two attached hydrogens (primary N) is 2. The van der Waals surface area contributed by atoms with Crippen LogP contribution in [0.25, 0.3) is 0 Å². The smallest absolute Gasteiger partial charge is 0.232 e. The Hall–Kier alpha value is -0.920. The molecule has 3 heteroatoms. The third-order valence-electron chi connectivity index (χ3n) is 0.653. The van der Waals surface area contributed by atoms with E-state index in [1.165, 1.54) is 0 Å². The van der Waals surface area contributed by atoms with Crippen molar-refractivity contribution in [2.24, 2.45) is 11.5 Å². The quantitative estimate of drug-likeness (QED) is 0.392. The molecule has 1 aliphatic heterocycles. The van der Waals surface area contributed by atoms with Gasteiger partial charge < -0.3 is 10.5 Å². The van der Waals surface area contributed by atoms with Crippen molar-refractivity contribution in [1.82, 2.24) is 0 Å². The minimum absolute atomic E-state index is 0.271. The molecule has 3 nitrogen and oxygen atoms in total. The number of ether oxygens (including phenoxy) is 1. The van der Waals surface area contributed by atoms with Crippen LogP contribution < -0.4 is 11.5 Å². The molecule has 4 N–H and O–H groups in total. The van der Waals surface area contributed by atoms with Crippen molar-refractivity contribution < 1.29 is 4.74 Å². The largest absolute Gasteiger partial charge is 0.450 e. The van der Waals surface area contributed by atoms with Crippen molar-refractivity contribution in [3.63, 3.8) is 0 Å². The highest BCUT2D eigenvalue weighted by Crippen LogP contribution is 1.97. The van der Waals surface area contributed by atoms with E-state index < -0.39 is 0 Å². The van der Waals surface area contributed by atoms with Gasteiger partial charge in [-0.15, -0.1) is 0 Å².